The van der Waals surface area contributed by atoms with Gasteiger partial charge >= 0.3 is 0 Å². The van der Waals surface area contributed by atoms with E-state index in [0.717, 1.165) is 45.0 Å². The lowest BCUT2D eigenvalue weighted by atomic mass is 9.89. The van der Waals surface area contributed by atoms with Gasteiger partial charge in [0.15, 0.2) is 0 Å². The zero-order chi connectivity index (χ0) is 13.9. The van der Waals surface area contributed by atoms with Crippen molar-refractivity contribution in [3.8, 4) is 0 Å². The van der Waals surface area contributed by atoms with Gasteiger partial charge in [0.2, 0.25) is 11.8 Å². The molecule has 5 heteroatoms. The number of hydrogen-bond donors (Lipinski definition) is 0. The highest BCUT2D eigenvalue weighted by atomic mass is 16.5. The lowest BCUT2D eigenvalue weighted by Crippen LogP contribution is -2.43. The van der Waals surface area contributed by atoms with E-state index < -0.39 is 0 Å². The Kier molecular flexibility index (Phi) is 4.17. The Morgan fingerprint density at radius 1 is 1.40 bits per heavy atom. The minimum Gasteiger partial charge on any atom is -0.425 e. The predicted molar refractivity (Wildman–Crippen MR) is 75.6 cm³/mol. The smallest absolute Gasteiger partial charge is 0.221 e. The molecule has 0 saturated carbocycles. The van der Waals surface area contributed by atoms with Gasteiger partial charge in [-0.2, -0.15) is 0 Å². The lowest BCUT2D eigenvalue weighted by Gasteiger charge is -2.38. The van der Waals surface area contributed by atoms with Gasteiger partial charge in [0.1, 0.15) is 0 Å². The molecule has 110 valence electrons. The first-order chi connectivity index (χ1) is 9.74. The van der Waals surface area contributed by atoms with Gasteiger partial charge in [-0.1, -0.05) is 6.08 Å². The Morgan fingerprint density at radius 3 is 3.00 bits per heavy atom. The van der Waals surface area contributed by atoms with Crippen LogP contribution in [0.5, 0.6) is 0 Å². The van der Waals surface area contributed by atoms with Crippen LogP contribution in [0.2, 0.25) is 0 Å². The van der Waals surface area contributed by atoms with Gasteiger partial charge in [-0.05, 0) is 38.3 Å². The molecule has 0 amide bonds. The highest BCUT2D eigenvalue weighted by Gasteiger charge is 2.32. The van der Waals surface area contributed by atoms with Crippen molar-refractivity contribution in [3.05, 3.63) is 23.4 Å². The molecule has 3 heterocycles. The van der Waals surface area contributed by atoms with Crippen LogP contribution in [0.3, 0.4) is 0 Å². The van der Waals surface area contributed by atoms with Crippen LogP contribution in [0.25, 0.3) is 0 Å². The van der Waals surface area contributed by atoms with Crippen LogP contribution in [0.1, 0.15) is 43.9 Å². The summed E-state index contributed by atoms with van der Waals surface area (Å²) in [6.45, 7) is 7.92. The molecule has 3 rings (SSSR count). The van der Waals surface area contributed by atoms with Crippen molar-refractivity contribution in [3.63, 3.8) is 0 Å². The molecule has 0 bridgehead atoms. The summed E-state index contributed by atoms with van der Waals surface area (Å²) in [5, 5.41) is 8.19. The van der Waals surface area contributed by atoms with Crippen molar-refractivity contribution in [1.82, 2.24) is 15.1 Å². The highest BCUT2D eigenvalue weighted by Crippen LogP contribution is 2.32. The van der Waals surface area contributed by atoms with Crippen molar-refractivity contribution < 1.29 is 9.15 Å². The first-order valence-corrected chi connectivity index (χ1v) is 7.54. The predicted octanol–water partition coefficient (Wildman–Crippen LogP) is 2.29. The number of hydrogen-bond acceptors (Lipinski definition) is 5. The Balaban J connectivity index is 1.68. The third-order valence-electron chi connectivity index (χ3n) is 4.37. The molecule has 1 aromatic heterocycles. The molecule has 0 aromatic carbocycles. The van der Waals surface area contributed by atoms with E-state index in [4.69, 9.17) is 9.15 Å². The lowest BCUT2D eigenvalue weighted by molar-refractivity contribution is 0.113. The second kappa shape index (κ2) is 6.06. The molecule has 0 aliphatic carbocycles. The van der Waals surface area contributed by atoms with Gasteiger partial charge in [0.05, 0.1) is 19.1 Å². The average Bonchev–Trinajstić information content (AvgIpc) is 2.89. The second-order valence-corrected chi connectivity index (χ2v) is 5.82. The van der Waals surface area contributed by atoms with E-state index in [1.165, 1.54) is 12.0 Å². The van der Waals surface area contributed by atoms with Crippen LogP contribution in [0.4, 0.5) is 0 Å². The SMILES string of the molecule is Cc1nnc([C@H]2CCCN(CC3=CCCOC3)[C@H]2C)o1. The third kappa shape index (κ3) is 2.94. The van der Waals surface area contributed by atoms with E-state index in [9.17, 15) is 0 Å². The number of nitrogens with zero attached hydrogens (tertiary/aromatic N) is 3. The number of piperidine rings is 1. The molecule has 0 spiro atoms. The van der Waals surface area contributed by atoms with E-state index >= 15 is 0 Å². The Hall–Kier alpha value is -1.20. The maximum atomic E-state index is 5.64. The normalized spacial score (nSPS) is 28.4. The minimum absolute atomic E-state index is 0.357. The van der Waals surface area contributed by atoms with Crippen molar-refractivity contribution in [1.29, 1.82) is 0 Å². The van der Waals surface area contributed by atoms with Gasteiger partial charge < -0.3 is 9.15 Å². The van der Waals surface area contributed by atoms with Crippen molar-refractivity contribution in [2.75, 3.05) is 26.3 Å². The topological polar surface area (TPSA) is 51.4 Å². The maximum absolute atomic E-state index is 5.64. The molecule has 2 atom stereocenters. The van der Waals surface area contributed by atoms with Crippen LogP contribution >= 0.6 is 0 Å². The van der Waals surface area contributed by atoms with Crippen molar-refractivity contribution >= 4 is 0 Å². The van der Waals surface area contributed by atoms with Crippen LogP contribution < -0.4 is 0 Å². The van der Waals surface area contributed by atoms with Gasteiger partial charge in [-0.25, -0.2) is 0 Å². The fourth-order valence-electron chi connectivity index (χ4n) is 3.21. The first kappa shape index (κ1) is 13.8. The zero-order valence-corrected chi connectivity index (χ0v) is 12.3. The van der Waals surface area contributed by atoms with Crippen molar-refractivity contribution in [2.45, 2.75) is 45.1 Å². The summed E-state index contributed by atoms with van der Waals surface area (Å²) in [7, 11) is 0. The number of ether oxygens (including phenoxy) is 1. The quantitative estimate of drug-likeness (QED) is 0.793. The fraction of sp³-hybridized carbons (Fsp3) is 0.733. The fourth-order valence-corrected chi connectivity index (χ4v) is 3.21. The summed E-state index contributed by atoms with van der Waals surface area (Å²) in [6.07, 6.45) is 5.69. The molecule has 2 aliphatic heterocycles. The average molecular weight is 277 g/mol. The summed E-state index contributed by atoms with van der Waals surface area (Å²) in [6, 6.07) is 0.437. The van der Waals surface area contributed by atoms with Crippen molar-refractivity contribution in [2.24, 2.45) is 0 Å². The van der Waals surface area contributed by atoms with Crippen LogP contribution in [-0.4, -0.2) is 47.4 Å². The monoisotopic (exact) mass is 277 g/mol. The highest BCUT2D eigenvalue weighted by molar-refractivity contribution is 5.09. The summed E-state index contributed by atoms with van der Waals surface area (Å²) >= 11 is 0. The molecule has 0 radical (unpaired) electrons. The molecular weight excluding hydrogens is 254 g/mol. The van der Waals surface area contributed by atoms with Crippen LogP contribution in [-0.2, 0) is 4.74 Å². The van der Waals surface area contributed by atoms with E-state index in [-0.39, 0.29) is 0 Å². The number of aryl methyl sites for hydroxylation is 1. The molecule has 1 aromatic rings. The maximum Gasteiger partial charge on any atom is 0.221 e. The summed E-state index contributed by atoms with van der Waals surface area (Å²) in [4.78, 5) is 2.52. The molecular formula is C15H23N3O2. The number of aromatic nitrogens is 2. The summed E-state index contributed by atoms with van der Waals surface area (Å²) in [5.41, 5.74) is 1.41. The Bertz CT molecular complexity index is 483. The first-order valence-electron chi connectivity index (χ1n) is 7.54. The molecule has 5 nitrogen and oxygen atoms in total. The molecule has 20 heavy (non-hydrogen) atoms. The molecule has 0 unspecified atom stereocenters. The molecule has 0 N–H and O–H groups in total. The van der Waals surface area contributed by atoms with E-state index in [0.29, 0.717) is 17.9 Å². The van der Waals surface area contributed by atoms with E-state index in [1.54, 1.807) is 0 Å². The standard InChI is InChI=1S/C15H23N3O2/c1-11-14(15-17-16-12(2)20-15)6-3-7-18(11)9-13-5-4-8-19-10-13/h5,11,14H,3-4,6-10H2,1-2H3/t11-,14-/m0/s1. The van der Waals surface area contributed by atoms with Gasteiger partial charge in [-0.15, -0.1) is 10.2 Å². The number of rotatable bonds is 3. The minimum atomic E-state index is 0.357. The summed E-state index contributed by atoms with van der Waals surface area (Å²) < 4.78 is 11.2. The summed E-state index contributed by atoms with van der Waals surface area (Å²) in [5.74, 6) is 1.82. The molecule has 1 saturated heterocycles. The second-order valence-electron chi connectivity index (χ2n) is 5.82. The largest absolute Gasteiger partial charge is 0.425 e. The Labute approximate surface area is 120 Å². The van der Waals surface area contributed by atoms with Gasteiger partial charge in [0, 0.05) is 19.5 Å². The number of likely N-dealkylation sites (tertiary alicyclic amines) is 1. The van der Waals surface area contributed by atoms with Gasteiger partial charge in [-0.3, -0.25) is 4.90 Å². The van der Waals surface area contributed by atoms with Crippen LogP contribution in [0.15, 0.2) is 16.1 Å². The van der Waals surface area contributed by atoms with Crippen LogP contribution in [0, 0.1) is 6.92 Å². The van der Waals surface area contributed by atoms with E-state index in [2.05, 4.69) is 28.1 Å². The third-order valence-corrected chi connectivity index (χ3v) is 4.37. The molecule has 2 aliphatic rings. The van der Waals surface area contributed by atoms with Gasteiger partial charge in [0.25, 0.3) is 0 Å². The molecule has 1 fully saturated rings. The zero-order valence-electron chi connectivity index (χ0n) is 12.3. The Morgan fingerprint density at radius 2 is 2.30 bits per heavy atom. The van der Waals surface area contributed by atoms with E-state index in [1.807, 2.05) is 6.92 Å².